The summed E-state index contributed by atoms with van der Waals surface area (Å²) in [5.74, 6) is 0.932. The van der Waals surface area contributed by atoms with Crippen molar-refractivity contribution in [3.63, 3.8) is 0 Å². The van der Waals surface area contributed by atoms with E-state index in [1.165, 1.54) is 5.56 Å². The third-order valence-corrected chi connectivity index (χ3v) is 3.05. The van der Waals surface area contributed by atoms with Crippen LogP contribution in [0, 0.1) is 0 Å². The van der Waals surface area contributed by atoms with Crippen LogP contribution in [0.25, 0.3) is 0 Å². The highest BCUT2D eigenvalue weighted by Crippen LogP contribution is 2.40. The lowest BCUT2D eigenvalue weighted by molar-refractivity contribution is 0.137. The van der Waals surface area contributed by atoms with Crippen LogP contribution in [0.4, 0.5) is 0 Å². The summed E-state index contributed by atoms with van der Waals surface area (Å²) in [4.78, 5) is 0. The summed E-state index contributed by atoms with van der Waals surface area (Å²) in [6, 6.07) is 4.03. The first-order chi connectivity index (χ1) is 7.02. The molecule has 0 bridgehead atoms. The van der Waals surface area contributed by atoms with Gasteiger partial charge >= 0.3 is 0 Å². The van der Waals surface area contributed by atoms with E-state index in [4.69, 9.17) is 9.94 Å². The van der Waals surface area contributed by atoms with Gasteiger partial charge in [-0.15, -0.1) is 0 Å². The molecule has 0 spiro atoms. The standard InChI is InChI=1S/C11H14BrNO2/c1-11(2)5-8-3-7(6-13-14)4-9(12)10(8)15-11/h3-4,13-14H,5-6H2,1-2H3. The number of hydrogen-bond acceptors (Lipinski definition) is 3. The van der Waals surface area contributed by atoms with Crippen LogP contribution >= 0.6 is 15.9 Å². The third kappa shape index (κ3) is 2.17. The van der Waals surface area contributed by atoms with E-state index >= 15 is 0 Å². The van der Waals surface area contributed by atoms with Crippen molar-refractivity contribution in [2.75, 3.05) is 0 Å². The lowest BCUT2D eigenvalue weighted by Crippen LogP contribution is -2.24. The fraction of sp³-hybridized carbons (Fsp3) is 0.455. The molecule has 0 aliphatic carbocycles. The average Bonchev–Trinajstić information content (AvgIpc) is 2.41. The number of halogens is 1. The first-order valence-electron chi connectivity index (χ1n) is 4.89. The van der Waals surface area contributed by atoms with E-state index in [1.54, 1.807) is 0 Å². The molecule has 0 atom stereocenters. The maximum absolute atomic E-state index is 8.67. The Morgan fingerprint density at radius 3 is 2.93 bits per heavy atom. The number of ether oxygens (including phenoxy) is 1. The molecule has 1 aromatic carbocycles. The van der Waals surface area contributed by atoms with Gasteiger partial charge in [-0.05, 0) is 47.0 Å². The summed E-state index contributed by atoms with van der Waals surface area (Å²) in [6.07, 6.45) is 0.903. The Morgan fingerprint density at radius 2 is 2.27 bits per heavy atom. The van der Waals surface area contributed by atoms with Gasteiger partial charge in [0.05, 0.1) is 4.47 Å². The summed E-state index contributed by atoms with van der Waals surface area (Å²) in [7, 11) is 0. The maximum Gasteiger partial charge on any atom is 0.137 e. The second-order valence-electron chi connectivity index (χ2n) is 4.44. The first-order valence-corrected chi connectivity index (χ1v) is 5.68. The number of hydroxylamine groups is 1. The molecule has 0 aromatic heterocycles. The van der Waals surface area contributed by atoms with Gasteiger partial charge in [0, 0.05) is 13.0 Å². The Bertz CT molecular complexity index is 390. The molecular formula is C11H14BrNO2. The van der Waals surface area contributed by atoms with Crippen LogP contribution in [0.1, 0.15) is 25.0 Å². The van der Waals surface area contributed by atoms with Gasteiger partial charge in [-0.3, -0.25) is 0 Å². The summed E-state index contributed by atoms with van der Waals surface area (Å²) >= 11 is 3.49. The van der Waals surface area contributed by atoms with Gasteiger partial charge in [0.1, 0.15) is 11.4 Å². The monoisotopic (exact) mass is 271 g/mol. The molecule has 4 heteroatoms. The molecule has 0 saturated carbocycles. The van der Waals surface area contributed by atoms with Crippen molar-refractivity contribution in [3.8, 4) is 5.75 Å². The highest BCUT2D eigenvalue weighted by molar-refractivity contribution is 9.10. The molecule has 0 saturated heterocycles. The zero-order chi connectivity index (χ0) is 11.1. The predicted molar refractivity (Wildman–Crippen MR) is 61.2 cm³/mol. The number of benzene rings is 1. The second-order valence-corrected chi connectivity index (χ2v) is 5.29. The molecular weight excluding hydrogens is 258 g/mol. The van der Waals surface area contributed by atoms with Crippen LogP contribution in [0.15, 0.2) is 16.6 Å². The summed E-state index contributed by atoms with van der Waals surface area (Å²) in [5.41, 5.74) is 4.27. The third-order valence-electron chi connectivity index (χ3n) is 2.46. The van der Waals surface area contributed by atoms with E-state index in [0.29, 0.717) is 6.54 Å². The molecule has 82 valence electrons. The lowest BCUT2D eigenvalue weighted by Gasteiger charge is -2.17. The van der Waals surface area contributed by atoms with Crippen molar-refractivity contribution >= 4 is 15.9 Å². The average molecular weight is 272 g/mol. The summed E-state index contributed by atoms with van der Waals surface area (Å²) < 4.78 is 6.78. The van der Waals surface area contributed by atoms with Crippen molar-refractivity contribution < 1.29 is 9.94 Å². The molecule has 0 unspecified atom stereocenters. The minimum absolute atomic E-state index is 0.129. The molecule has 1 aliphatic rings. The van der Waals surface area contributed by atoms with E-state index in [9.17, 15) is 0 Å². The Hall–Kier alpha value is -0.580. The molecule has 0 fully saturated rings. The Labute approximate surface area is 97.5 Å². The minimum Gasteiger partial charge on any atom is -0.486 e. The minimum atomic E-state index is -0.129. The zero-order valence-electron chi connectivity index (χ0n) is 8.80. The fourth-order valence-electron chi connectivity index (χ4n) is 1.92. The van der Waals surface area contributed by atoms with Gasteiger partial charge < -0.3 is 9.94 Å². The normalized spacial score (nSPS) is 17.3. The quantitative estimate of drug-likeness (QED) is 0.813. The molecule has 2 rings (SSSR count). The van der Waals surface area contributed by atoms with Crippen molar-refractivity contribution in [2.24, 2.45) is 0 Å². The van der Waals surface area contributed by atoms with Crippen LogP contribution in [0.3, 0.4) is 0 Å². The lowest BCUT2D eigenvalue weighted by atomic mass is 10.0. The largest absolute Gasteiger partial charge is 0.486 e. The molecule has 0 radical (unpaired) electrons. The topological polar surface area (TPSA) is 41.5 Å². The van der Waals surface area contributed by atoms with Crippen molar-refractivity contribution in [1.82, 2.24) is 5.48 Å². The molecule has 15 heavy (non-hydrogen) atoms. The number of fused-ring (bicyclic) bond motifs is 1. The zero-order valence-corrected chi connectivity index (χ0v) is 10.4. The molecule has 1 heterocycles. The number of nitrogens with one attached hydrogen (secondary N) is 1. The fourth-order valence-corrected chi connectivity index (χ4v) is 2.55. The highest BCUT2D eigenvalue weighted by atomic mass is 79.9. The van der Waals surface area contributed by atoms with Gasteiger partial charge in [0.25, 0.3) is 0 Å². The van der Waals surface area contributed by atoms with E-state index in [1.807, 2.05) is 6.07 Å². The number of rotatable bonds is 2. The van der Waals surface area contributed by atoms with Crippen LogP contribution in [-0.4, -0.2) is 10.8 Å². The van der Waals surface area contributed by atoms with Crippen LogP contribution in [0.5, 0.6) is 5.75 Å². The van der Waals surface area contributed by atoms with Gasteiger partial charge in [-0.25, -0.2) is 5.48 Å². The molecule has 0 amide bonds. The Kier molecular flexibility index (Phi) is 2.75. The van der Waals surface area contributed by atoms with E-state index in [2.05, 4.69) is 41.3 Å². The summed E-state index contributed by atoms with van der Waals surface area (Å²) in [6.45, 7) is 4.60. The first kappa shape index (κ1) is 10.9. The Morgan fingerprint density at radius 1 is 1.53 bits per heavy atom. The SMILES string of the molecule is CC1(C)Cc2cc(CNO)cc(Br)c2O1. The van der Waals surface area contributed by atoms with Crippen molar-refractivity contribution in [2.45, 2.75) is 32.4 Å². The molecule has 3 nitrogen and oxygen atoms in total. The Balaban J connectivity index is 2.38. The van der Waals surface area contributed by atoms with E-state index < -0.39 is 0 Å². The van der Waals surface area contributed by atoms with Gasteiger partial charge in [0.15, 0.2) is 0 Å². The van der Waals surface area contributed by atoms with Crippen LogP contribution in [0.2, 0.25) is 0 Å². The maximum atomic E-state index is 8.67. The van der Waals surface area contributed by atoms with Gasteiger partial charge in [0.2, 0.25) is 0 Å². The van der Waals surface area contributed by atoms with Gasteiger partial charge in [-0.1, -0.05) is 6.07 Å². The molecule has 1 aromatic rings. The van der Waals surface area contributed by atoms with Crippen LogP contribution < -0.4 is 10.2 Å². The number of hydrogen-bond donors (Lipinski definition) is 2. The van der Waals surface area contributed by atoms with Crippen molar-refractivity contribution in [1.29, 1.82) is 0 Å². The van der Waals surface area contributed by atoms with Crippen molar-refractivity contribution in [3.05, 3.63) is 27.7 Å². The molecule has 2 N–H and O–H groups in total. The summed E-state index contributed by atoms with van der Waals surface area (Å²) in [5, 5.41) is 8.67. The second kappa shape index (κ2) is 3.77. The highest BCUT2D eigenvalue weighted by Gasteiger charge is 2.31. The van der Waals surface area contributed by atoms with Crippen LogP contribution in [-0.2, 0) is 13.0 Å². The van der Waals surface area contributed by atoms with E-state index in [-0.39, 0.29) is 5.60 Å². The molecule has 1 aliphatic heterocycles. The smallest absolute Gasteiger partial charge is 0.137 e. The van der Waals surface area contributed by atoms with E-state index in [0.717, 1.165) is 22.2 Å². The van der Waals surface area contributed by atoms with Gasteiger partial charge in [-0.2, -0.15) is 0 Å². The predicted octanol–water partition coefficient (Wildman–Crippen LogP) is 2.64.